The third-order valence-electron chi connectivity index (χ3n) is 4.41. The normalized spacial score (nSPS) is 14.0. The average Bonchev–Trinajstić information content (AvgIpc) is 2.63. The summed E-state index contributed by atoms with van der Waals surface area (Å²) in [4.78, 5) is 0. The van der Waals surface area contributed by atoms with Gasteiger partial charge in [-0.2, -0.15) is 5.26 Å². The van der Waals surface area contributed by atoms with Gasteiger partial charge in [-0.3, -0.25) is 0 Å². The van der Waals surface area contributed by atoms with Crippen LogP contribution < -0.4 is 0 Å². The number of aryl methyl sites for hydroxylation is 1. The molecule has 0 saturated heterocycles. The van der Waals surface area contributed by atoms with Gasteiger partial charge in [0.05, 0.1) is 6.07 Å². The summed E-state index contributed by atoms with van der Waals surface area (Å²) in [6.45, 7) is 14.6. The molecule has 0 spiro atoms. The van der Waals surface area contributed by atoms with Crippen LogP contribution in [-0.2, 0) is 0 Å². The monoisotopic (exact) mass is 339 g/mol. The van der Waals surface area contributed by atoms with Crippen LogP contribution in [0.5, 0.6) is 0 Å². The molecule has 0 bridgehead atoms. The molecule has 2 rings (SSSR count). The van der Waals surface area contributed by atoms with Gasteiger partial charge in [-0.05, 0) is 49.2 Å². The Morgan fingerprint density at radius 3 is 1.96 bits per heavy atom. The summed E-state index contributed by atoms with van der Waals surface area (Å²) in [5.41, 5.74) is 5.86. The van der Waals surface area contributed by atoms with Crippen molar-refractivity contribution in [2.75, 3.05) is 0 Å². The number of nitriles is 1. The second kappa shape index (κ2) is 13.5. The lowest BCUT2D eigenvalue weighted by Gasteiger charge is -2.21. The van der Waals surface area contributed by atoms with Crippen molar-refractivity contribution in [3.05, 3.63) is 53.1 Å². The van der Waals surface area contributed by atoms with E-state index in [0.717, 1.165) is 11.8 Å². The minimum absolute atomic E-state index is 0.744. The molecule has 0 fully saturated rings. The average molecular weight is 340 g/mol. The van der Waals surface area contributed by atoms with Crippen LogP contribution in [0.2, 0.25) is 0 Å². The molecule has 1 aromatic rings. The molecular weight excluding hydrogens is 302 g/mol. The molecule has 0 radical (unpaired) electrons. The van der Waals surface area contributed by atoms with Gasteiger partial charge in [0.2, 0.25) is 0 Å². The largest absolute Gasteiger partial charge is 0.199 e. The molecule has 0 aromatic heterocycles. The summed E-state index contributed by atoms with van der Waals surface area (Å²) in [6, 6.07) is 10.7. The molecule has 0 heterocycles. The lowest BCUT2D eigenvalue weighted by Crippen LogP contribution is -2.04. The summed E-state index contributed by atoms with van der Waals surface area (Å²) >= 11 is 0. The summed E-state index contributed by atoms with van der Waals surface area (Å²) in [5, 5.41) is 7.32. The van der Waals surface area contributed by atoms with E-state index >= 15 is 0 Å². The third kappa shape index (κ3) is 9.30. The first-order valence-electron chi connectivity index (χ1n) is 9.75. The Morgan fingerprint density at radius 2 is 1.52 bits per heavy atom. The molecule has 1 atom stereocenters. The lowest BCUT2D eigenvalue weighted by atomic mass is 9.85. The second-order valence-electron chi connectivity index (χ2n) is 6.90. The van der Waals surface area contributed by atoms with Crippen LogP contribution in [0, 0.1) is 30.1 Å². The number of nitrogens with zero attached hydrogens (tertiary/aromatic N) is 1. The fourth-order valence-electron chi connectivity index (χ4n) is 2.84. The highest BCUT2D eigenvalue weighted by atomic mass is 14.2. The Hall–Kier alpha value is -1.81. The van der Waals surface area contributed by atoms with Gasteiger partial charge in [0.25, 0.3) is 0 Å². The molecular formula is C24H37N. The Kier molecular flexibility index (Phi) is 12.5. The molecule has 0 aliphatic heterocycles. The summed E-state index contributed by atoms with van der Waals surface area (Å²) in [6.07, 6.45) is 9.82. The molecule has 0 saturated carbocycles. The van der Waals surface area contributed by atoms with E-state index in [4.69, 9.17) is 5.26 Å². The zero-order chi connectivity index (χ0) is 19.2. The van der Waals surface area contributed by atoms with Gasteiger partial charge < -0.3 is 0 Å². The van der Waals surface area contributed by atoms with Crippen molar-refractivity contribution >= 4 is 5.57 Å². The molecule has 0 amide bonds. The van der Waals surface area contributed by atoms with Crippen LogP contribution in [0.1, 0.15) is 78.4 Å². The lowest BCUT2D eigenvalue weighted by molar-refractivity contribution is 0.481. The van der Waals surface area contributed by atoms with Crippen LogP contribution in [0.15, 0.2) is 42.0 Å². The van der Waals surface area contributed by atoms with E-state index in [0.29, 0.717) is 0 Å². The molecule has 138 valence electrons. The SMILES string of the molecule is CC.CC#N.Cc1ccc(C2=CC=C(C(C)CCC(C)C)CC2)cc1. The molecule has 1 heteroatoms. The van der Waals surface area contributed by atoms with Crippen molar-refractivity contribution in [1.29, 1.82) is 5.26 Å². The van der Waals surface area contributed by atoms with Gasteiger partial charge in [0, 0.05) is 6.92 Å². The highest BCUT2D eigenvalue weighted by molar-refractivity contribution is 5.68. The maximum absolute atomic E-state index is 7.32. The molecule has 25 heavy (non-hydrogen) atoms. The Bertz CT molecular complexity index is 567. The van der Waals surface area contributed by atoms with Crippen LogP contribution in [0.25, 0.3) is 5.57 Å². The van der Waals surface area contributed by atoms with Crippen molar-refractivity contribution in [3.63, 3.8) is 0 Å². The van der Waals surface area contributed by atoms with Crippen LogP contribution in [0.3, 0.4) is 0 Å². The first-order chi connectivity index (χ1) is 12.0. The van der Waals surface area contributed by atoms with Gasteiger partial charge in [-0.15, -0.1) is 0 Å². The summed E-state index contributed by atoms with van der Waals surface area (Å²) < 4.78 is 0. The number of benzene rings is 1. The predicted molar refractivity (Wildman–Crippen MR) is 112 cm³/mol. The standard InChI is InChI=1S/C20H28.C2H3N.C2H6/c1-15(2)5-8-17(4)18-11-13-20(14-12-18)19-9-6-16(3)7-10-19;1-2-3;1-2/h6-7,9-11,13,15,17H,5,8,12,14H2,1-4H3;1H3;1-2H3. The van der Waals surface area contributed by atoms with Gasteiger partial charge >= 0.3 is 0 Å². The van der Waals surface area contributed by atoms with Gasteiger partial charge in [-0.25, -0.2) is 0 Å². The topological polar surface area (TPSA) is 23.8 Å². The molecule has 1 aliphatic carbocycles. The summed E-state index contributed by atoms with van der Waals surface area (Å²) in [5.74, 6) is 1.56. The van der Waals surface area contributed by atoms with E-state index in [9.17, 15) is 0 Å². The molecule has 1 aromatic carbocycles. The van der Waals surface area contributed by atoms with E-state index in [2.05, 4.69) is 64.1 Å². The minimum Gasteiger partial charge on any atom is -0.199 e. The molecule has 1 nitrogen and oxygen atoms in total. The Labute approximate surface area is 156 Å². The fourth-order valence-corrected chi connectivity index (χ4v) is 2.84. The van der Waals surface area contributed by atoms with E-state index in [1.54, 1.807) is 11.6 Å². The first kappa shape index (κ1) is 23.2. The maximum atomic E-state index is 7.32. The fraction of sp³-hybridized carbons (Fsp3) is 0.542. The Balaban J connectivity index is 0.00000104. The molecule has 0 N–H and O–H groups in total. The second-order valence-corrected chi connectivity index (χ2v) is 6.90. The number of hydrogen-bond donors (Lipinski definition) is 0. The van der Waals surface area contributed by atoms with Gasteiger partial charge in [0.1, 0.15) is 0 Å². The van der Waals surface area contributed by atoms with Crippen molar-refractivity contribution in [3.8, 4) is 6.07 Å². The predicted octanol–water partition coefficient (Wildman–Crippen LogP) is 7.73. The van der Waals surface area contributed by atoms with Crippen LogP contribution in [0.4, 0.5) is 0 Å². The quantitative estimate of drug-likeness (QED) is 0.538. The third-order valence-corrected chi connectivity index (χ3v) is 4.41. The number of allylic oxidation sites excluding steroid dienone is 4. The first-order valence-corrected chi connectivity index (χ1v) is 9.75. The van der Waals surface area contributed by atoms with Crippen molar-refractivity contribution in [2.45, 2.75) is 74.1 Å². The Morgan fingerprint density at radius 1 is 0.960 bits per heavy atom. The van der Waals surface area contributed by atoms with Gasteiger partial charge in [-0.1, -0.05) is 88.6 Å². The van der Waals surface area contributed by atoms with Crippen molar-refractivity contribution < 1.29 is 0 Å². The highest BCUT2D eigenvalue weighted by Gasteiger charge is 2.14. The maximum Gasteiger partial charge on any atom is 0.0587 e. The van der Waals surface area contributed by atoms with E-state index in [1.165, 1.54) is 49.3 Å². The number of hydrogen-bond acceptors (Lipinski definition) is 1. The highest BCUT2D eigenvalue weighted by Crippen LogP contribution is 2.32. The zero-order valence-corrected chi connectivity index (χ0v) is 17.4. The van der Waals surface area contributed by atoms with E-state index in [-0.39, 0.29) is 0 Å². The van der Waals surface area contributed by atoms with Crippen LogP contribution in [-0.4, -0.2) is 0 Å². The molecule has 1 aliphatic rings. The van der Waals surface area contributed by atoms with E-state index < -0.39 is 0 Å². The zero-order valence-electron chi connectivity index (χ0n) is 17.4. The minimum atomic E-state index is 0.744. The van der Waals surface area contributed by atoms with Crippen molar-refractivity contribution in [2.24, 2.45) is 11.8 Å². The van der Waals surface area contributed by atoms with Crippen molar-refractivity contribution in [1.82, 2.24) is 0 Å². The number of rotatable bonds is 5. The molecule has 1 unspecified atom stereocenters. The van der Waals surface area contributed by atoms with Crippen LogP contribution >= 0.6 is 0 Å². The smallest absolute Gasteiger partial charge is 0.0587 e. The van der Waals surface area contributed by atoms with Gasteiger partial charge in [0.15, 0.2) is 0 Å². The van der Waals surface area contributed by atoms with E-state index in [1.807, 2.05) is 13.8 Å². The summed E-state index contributed by atoms with van der Waals surface area (Å²) in [7, 11) is 0.